The molecule has 2 aliphatic rings. The summed E-state index contributed by atoms with van der Waals surface area (Å²) in [6.07, 6.45) is 3.83. The lowest BCUT2D eigenvalue weighted by molar-refractivity contribution is 0.259. The first-order valence-electron chi connectivity index (χ1n) is 8.18. The van der Waals surface area contributed by atoms with Crippen LogP contribution in [0.2, 0.25) is 0 Å². The lowest BCUT2D eigenvalue weighted by Crippen LogP contribution is -2.38. The van der Waals surface area contributed by atoms with Crippen LogP contribution in [-0.4, -0.2) is 28.6 Å². The summed E-state index contributed by atoms with van der Waals surface area (Å²) in [4.78, 5) is 14.4. The molecule has 3 unspecified atom stereocenters. The zero-order valence-corrected chi connectivity index (χ0v) is 15.0. The molecule has 2 fully saturated rings. The largest absolute Gasteiger partial charge is 0.327 e. The molecule has 1 aromatic carbocycles. The first kappa shape index (κ1) is 17.0. The number of nitrogens with zero attached hydrogens (tertiary/aromatic N) is 2. The fourth-order valence-corrected chi connectivity index (χ4v) is 5.22. The van der Waals surface area contributed by atoms with Crippen molar-refractivity contribution in [3.05, 3.63) is 33.4 Å². The molecule has 1 aromatic heterocycles. The van der Waals surface area contributed by atoms with Crippen LogP contribution < -0.4 is 10.6 Å². The molecule has 2 aromatic rings. The minimum absolute atomic E-state index is 0. The number of thiazole rings is 1. The molecular weight excluding hydrogens is 330 g/mol. The van der Waals surface area contributed by atoms with E-state index in [1.54, 1.807) is 4.57 Å². The van der Waals surface area contributed by atoms with Gasteiger partial charge in [-0.05, 0) is 42.4 Å². The molecule has 126 valence electrons. The number of halogens is 1. The Morgan fingerprint density at radius 3 is 2.91 bits per heavy atom. The second-order valence-electron chi connectivity index (χ2n) is 6.94. The number of hydrogen-bond donors (Lipinski definition) is 1. The minimum atomic E-state index is 0. The molecule has 1 aliphatic carbocycles. The highest BCUT2D eigenvalue weighted by Gasteiger charge is 2.38. The van der Waals surface area contributed by atoms with Crippen molar-refractivity contribution in [2.75, 3.05) is 13.1 Å². The fourth-order valence-electron chi connectivity index (χ4n) is 4.27. The number of benzene rings is 1. The molecule has 0 bridgehead atoms. The van der Waals surface area contributed by atoms with E-state index in [9.17, 15) is 4.79 Å². The van der Waals surface area contributed by atoms with Crippen molar-refractivity contribution in [2.45, 2.75) is 31.8 Å². The SMILES string of the molecule is Cl.Cn1c(=O)sc2cc(CN3CC4CCCC(N)C4C3)ccc21. The molecule has 0 spiro atoms. The van der Waals surface area contributed by atoms with Gasteiger partial charge in [-0.25, -0.2) is 0 Å². The van der Waals surface area contributed by atoms with E-state index in [1.165, 1.54) is 42.7 Å². The van der Waals surface area contributed by atoms with Gasteiger partial charge < -0.3 is 10.3 Å². The summed E-state index contributed by atoms with van der Waals surface area (Å²) in [5, 5.41) is 0. The van der Waals surface area contributed by atoms with E-state index < -0.39 is 0 Å². The Bertz CT molecular complexity index is 756. The lowest BCUT2D eigenvalue weighted by atomic mass is 9.78. The Morgan fingerprint density at radius 1 is 1.30 bits per heavy atom. The maximum absolute atomic E-state index is 11.8. The molecule has 1 aliphatic heterocycles. The monoisotopic (exact) mass is 353 g/mol. The van der Waals surface area contributed by atoms with Crippen molar-refractivity contribution in [1.82, 2.24) is 9.47 Å². The molecule has 0 radical (unpaired) electrons. The first-order valence-corrected chi connectivity index (χ1v) is 9.00. The molecule has 2 heterocycles. The van der Waals surface area contributed by atoms with Gasteiger partial charge >= 0.3 is 4.87 Å². The van der Waals surface area contributed by atoms with Gasteiger partial charge in [-0.3, -0.25) is 9.69 Å². The maximum atomic E-state index is 11.8. The number of likely N-dealkylation sites (tertiary alicyclic amines) is 1. The predicted molar refractivity (Wildman–Crippen MR) is 98.4 cm³/mol. The topological polar surface area (TPSA) is 51.3 Å². The van der Waals surface area contributed by atoms with Gasteiger partial charge in [0.1, 0.15) is 0 Å². The first-order chi connectivity index (χ1) is 10.6. The molecule has 1 saturated heterocycles. The summed E-state index contributed by atoms with van der Waals surface area (Å²) >= 11 is 1.34. The van der Waals surface area contributed by atoms with Crippen molar-refractivity contribution in [3.8, 4) is 0 Å². The third kappa shape index (κ3) is 3.07. The number of rotatable bonds is 2. The molecule has 4 nitrogen and oxygen atoms in total. The van der Waals surface area contributed by atoms with E-state index in [4.69, 9.17) is 5.73 Å². The van der Waals surface area contributed by atoms with Crippen LogP contribution in [0.15, 0.2) is 23.0 Å². The predicted octanol–water partition coefficient (Wildman–Crippen LogP) is 2.58. The Morgan fingerprint density at radius 2 is 2.13 bits per heavy atom. The lowest BCUT2D eigenvalue weighted by Gasteiger charge is -2.29. The zero-order chi connectivity index (χ0) is 15.3. The van der Waals surface area contributed by atoms with Crippen LogP contribution in [0.5, 0.6) is 0 Å². The normalized spacial score (nSPS) is 27.8. The van der Waals surface area contributed by atoms with E-state index >= 15 is 0 Å². The van der Waals surface area contributed by atoms with Crippen molar-refractivity contribution < 1.29 is 0 Å². The number of hydrogen-bond acceptors (Lipinski definition) is 4. The third-order valence-corrected chi connectivity index (χ3v) is 6.49. The van der Waals surface area contributed by atoms with E-state index in [2.05, 4.69) is 23.1 Å². The van der Waals surface area contributed by atoms with Crippen molar-refractivity contribution in [2.24, 2.45) is 24.6 Å². The standard InChI is InChI=1S/C17H23N3OS.ClH/c1-19-15-6-5-11(7-16(15)22-17(19)21)8-20-9-12-3-2-4-14(18)13(12)10-20;/h5-7,12-14H,2-4,8-10,18H2,1H3;1H. The average molecular weight is 354 g/mol. The fraction of sp³-hybridized carbons (Fsp3) is 0.588. The summed E-state index contributed by atoms with van der Waals surface area (Å²) < 4.78 is 2.83. The van der Waals surface area contributed by atoms with Gasteiger partial charge in [0.15, 0.2) is 0 Å². The maximum Gasteiger partial charge on any atom is 0.307 e. The zero-order valence-electron chi connectivity index (χ0n) is 13.4. The highest BCUT2D eigenvalue weighted by Crippen LogP contribution is 2.36. The molecule has 3 atom stereocenters. The van der Waals surface area contributed by atoms with Gasteiger partial charge in [0.2, 0.25) is 0 Å². The molecule has 0 amide bonds. The highest BCUT2D eigenvalue weighted by atomic mass is 35.5. The summed E-state index contributed by atoms with van der Waals surface area (Å²) in [7, 11) is 1.84. The summed E-state index contributed by atoms with van der Waals surface area (Å²) in [5.41, 5.74) is 8.65. The second kappa shape index (κ2) is 6.55. The number of aryl methyl sites for hydroxylation is 1. The van der Waals surface area contributed by atoms with Crippen LogP contribution in [0, 0.1) is 11.8 Å². The Labute approximate surface area is 146 Å². The molecule has 23 heavy (non-hydrogen) atoms. The van der Waals surface area contributed by atoms with Gasteiger partial charge in [0.25, 0.3) is 0 Å². The van der Waals surface area contributed by atoms with Crippen molar-refractivity contribution in [1.29, 1.82) is 0 Å². The van der Waals surface area contributed by atoms with Crippen LogP contribution in [0.3, 0.4) is 0 Å². The van der Waals surface area contributed by atoms with E-state index in [0.717, 1.165) is 29.2 Å². The minimum Gasteiger partial charge on any atom is -0.327 e. The van der Waals surface area contributed by atoms with Crippen LogP contribution in [0.25, 0.3) is 10.2 Å². The molecule has 6 heteroatoms. The smallest absolute Gasteiger partial charge is 0.307 e. The van der Waals surface area contributed by atoms with Gasteiger partial charge in [0, 0.05) is 32.7 Å². The van der Waals surface area contributed by atoms with Crippen LogP contribution in [0.4, 0.5) is 0 Å². The molecular formula is C17H24ClN3OS. The highest BCUT2D eigenvalue weighted by molar-refractivity contribution is 7.16. The van der Waals surface area contributed by atoms with E-state index in [-0.39, 0.29) is 17.3 Å². The van der Waals surface area contributed by atoms with Crippen LogP contribution >= 0.6 is 23.7 Å². The third-order valence-electron chi connectivity index (χ3n) is 5.49. The van der Waals surface area contributed by atoms with Crippen LogP contribution in [-0.2, 0) is 13.6 Å². The summed E-state index contributed by atoms with van der Waals surface area (Å²) in [5.74, 6) is 1.48. The molecule has 1 saturated carbocycles. The van der Waals surface area contributed by atoms with Gasteiger partial charge in [0.05, 0.1) is 10.2 Å². The molecule has 4 rings (SSSR count). The summed E-state index contributed by atoms with van der Waals surface area (Å²) in [6, 6.07) is 6.82. The number of nitrogens with two attached hydrogens (primary N) is 1. The number of fused-ring (bicyclic) bond motifs is 2. The van der Waals surface area contributed by atoms with Gasteiger partial charge in [-0.2, -0.15) is 0 Å². The van der Waals surface area contributed by atoms with Crippen LogP contribution in [0.1, 0.15) is 24.8 Å². The van der Waals surface area contributed by atoms with Gasteiger partial charge in [-0.15, -0.1) is 12.4 Å². The van der Waals surface area contributed by atoms with Crippen molar-refractivity contribution >= 4 is 34.0 Å². The Balaban J connectivity index is 0.00000156. The summed E-state index contributed by atoms with van der Waals surface area (Å²) in [6.45, 7) is 3.29. The number of aromatic nitrogens is 1. The van der Waals surface area contributed by atoms with Gasteiger partial charge in [-0.1, -0.05) is 23.8 Å². The van der Waals surface area contributed by atoms with Crippen molar-refractivity contribution in [3.63, 3.8) is 0 Å². The van der Waals surface area contributed by atoms with E-state index in [0.29, 0.717) is 12.0 Å². The Kier molecular flexibility index (Phi) is 4.83. The second-order valence-corrected chi connectivity index (χ2v) is 7.94. The average Bonchev–Trinajstić information content (AvgIpc) is 3.02. The quantitative estimate of drug-likeness (QED) is 0.902. The molecule has 2 N–H and O–H groups in total. The van der Waals surface area contributed by atoms with E-state index in [1.807, 2.05) is 7.05 Å². The Hall–Kier alpha value is -0.880.